The van der Waals surface area contributed by atoms with Crippen LogP contribution in [0.25, 0.3) is 0 Å². The molecular formula is C28H46O2. The Morgan fingerprint density at radius 1 is 1.00 bits per heavy atom. The van der Waals surface area contributed by atoms with Crippen molar-refractivity contribution < 1.29 is 9.90 Å². The fourth-order valence-corrected chi connectivity index (χ4v) is 8.60. The van der Waals surface area contributed by atoms with E-state index in [-0.39, 0.29) is 11.5 Å². The molecule has 1 N–H and O–H groups in total. The van der Waals surface area contributed by atoms with Gasteiger partial charge in [-0.25, -0.2) is 0 Å². The molecule has 9 atom stereocenters. The summed E-state index contributed by atoms with van der Waals surface area (Å²) in [5.41, 5.74) is 2.14. The Bertz CT molecular complexity index is 693. The summed E-state index contributed by atoms with van der Waals surface area (Å²) in [4.78, 5) is 12.1. The van der Waals surface area contributed by atoms with Crippen molar-refractivity contribution in [2.24, 2.45) is 52.3 Å². The van der Waals surface area contributed by atoms with Crippen LogP contribution >= 0.6 is 0 Å². The van der Waals surface area contributed by atoms with Crippen molar-refractivity contribution in [3.63, 3.8) is 0 Å². The molecule has 0 aromatic rings. The number of carbonyl (C=O) groups is 1. The molecule has 0 aromatic heterocycles. The van der Waals surface area contributed by atoms with E-state index >= 15 is 0 Å². The number of hydrogen-bond acceptors (Lipinski definition) is 2. The van der Waals surface area contributed by atoms with E-state index in [1.54, 1.807) is 0 Å². The lowest BCUT2D eigenvalue weighted by Gasteiger charge is -2.58. The Morgan fingerprint density at radius 3 is 2.43 bits per heavy atom. The highest BCUT2D eigenvalue weighted by Gasteiger charge is 2.59. The molecule has 0 bridgehead atoms. The Morgan fingerprint density at radius 2 is 1.73 bits per heavy atom. The highest BCUT2D eigenvalue weighted by atomic mass is 16.3. The summed E-state index contributed by atoms with van der Waals surface area (Å²) >= 11 is 0. The first kappa shape index (κ1) is 22.6. The molecule has 0 unspecified atom stereocenters. The molecule has 0 spiro atoms. The van der Waals surface area contributed by atoms with E-state index in [4.69, 9.17) is 0 Å². The molecule has 4 aliphatic carbocycles. The van der Waals surface area contributed by atoms with Crippen LogP contribution in [0.5, 0.6) is 0 Å². The minimum atomic E-state index is -0.163. The van der Waals surface area contributed by atoms with E-state index < -0.39 is 0 Å². The van der Waals surface area contributed by atoms with Gasteiger partial charge in [-0.15, -0.1) is 0 Å². The molecule has 0 radical (unpaired) electrons. The van der Waals surface area contributed by atoms with Gasteiger partial charge < -0.3 is 5.11 Å². The summed E-state index contributed by atoms with van der Waals surface area (Å²) in [6.07, 6.45) is 12.4. The van der Waals surface area contributed by atoms with Crippen molar-refractivity contribution in [2.75, 3.05) is 0 Å². The highest BCUT2D eigenvalue weighted by Crippen LogP contribution is 2.67. The molecule has 170 valence electrons. The molecule has 4 aliphatic rings. The second-order valence-corrected chi connectivity index (χ2v) is 12.6. The second kappa shape index (κ2) is 8.05. The van der Waals surface area contributed by atoms with Crippen LogP contribution in [-0.2, 0) is 4.79 Å². The van der Waals surface area contributed by atoms with Crippen LogP contribution in [0.2, 0.25) is 0 Å². The molecule has 3 fully saturated rings. The van der Waals surface area contributed by atoms with E-state index in [0.29, 0.717) is 34.9 Å². The topological polar surface area (TPSA) is 37.3 Å². The van der Waals surface area contributed by atoms with E-state index in [2.05, 4.69) is 41.5 Å². The van der Waals surface area contributed by atoms with Crippen molar-refractivity contribution >= 4 is 5.78 Å². The first-order valence-electron chi connectivity index (χ1n) is 13.0. The fraction of sp³-hybridized carbons (Fsp3) is 0.893. The van der Waals surface area contributed by atoms with Crippen LogP contribution in [0.1, 0.15) is 99.3 Å². The van der Waals surface area contributed by atoms with Crippen molar-refractivity contribution in [1.29, 1.82) is 0 Å². The molecule has 0 aliphatic heterocycles. The summed E-state index contributed by atoms with van der Waals surface area (Å²) in [5, 5.41) is 11.1. The number of ketones is 1. The van der Waals surface area contributed by atoms with E-state index in [1.165, 1.54) is 37.7 Å². The first-order chi connectivity index (χ1) is 14.1. The maximum atomic E-state index is 12.1. The first-order valence-corrected chi connectivity index (χ1v) is 13.0. The largest absolute Gasteiger partial charge is 0.393 e. The van der Waals surface area contributed by atoms with E-state index in [1.807, 2.05) is 6.08 Å². The minimum Gasteiger partial charge on any atom is -0.393 e. The Kier molecular flexibility index (Phi) is 6.06. The minimum absolute atomic E-state index is 0.163. The molecule has 2 nitrogen and oxygen atoms in total. The van der Waals surface area contributed by atoms with Crippen LogP contribution < -0.4 is 0 Å². The molecule has 3 saturated carbocycles. The second-order valence-electron chi connectivity index (χ2n) is 12.6. The SMILES string of the molecule is CC(C)[C@H](C)C[C@H](O)[C@@H](C)[C@@H]1CC[C@@H]2[C@@H]3CCC4=CC(=O)CC[C@]4(C)[C@H]3CC[C@]21C. The van der Waals surface area contributed by atoms with Gasteiger partial charge in [0, 0.05) is 6.42 Å². The monoisotopic (exact) mass is 414 g/mol. The van der Waals surface area contributed by atoms with Gasteiger partial charge in [-0.2, -0.15) is 0 Å². The van der Waals surface area contributed by atoms with Crippen molar-refractivity contribution in [2.45, 2.75) is 105 Å². The normalized spacial score (nSPS) is 44.0. The van der Waals surface area contributed by atoms with Gasteiger partial charge in [0.15, 0.2) is 5.78 Å². The standard InChI is InChI=1S/C28H46O2/c1-17(2)18(3)15-26(30)19(4)23-9-10-24-22-8-7-20-16-21(29)11-13-27(20,5)25(22)12-14-28(23,24)6/h16-19,22-26,30H,7-15H2,1-6H3/t18-,19+,22+,23+,24-,25+,26+,27+,28+/m1/s1. The molecule has 0 amide bonds. The van der Waals surface area contributed by atoms with Crippen LogP contribution in [0.15, 0.2) is 11.6 Å². The van der Waals surface area contributed by atoms with Gasteiger partial charge in [0.1, 0.15) is 0 Å². The third kappa shape index (κ3) is 3.54. The number of allylic oxidation sites excluding steroid dienone is 1. The van der Waals surface area contributed by atoms with Crippen molar-refractivity contribution in [1.82, 2.24) is 0 Å². The molecule has 4 rings (SSSR count). The summed E-state index contributed by atoms with van der Waals surface area (Å²) in [5.74, 6) is 5.06. The molecule has 0 aromatic carbocycles. The van der Waals surface area contributed by atoms with Gasteiger partial charge in [-0.1, -0.05) is 47.1 Å². The lowest BCUT2D eigenvalue weighted by molar-refractivity contribution is -0.117. The zero-order chi connectivity index (χ0) is 21.8. The van der Waals surface area contributed by atoms with Gasteiger partial charge in [0.2, 0.25) is 0 Å². The van der Waals surface area contributed by atoms with Gasteiger partial charge in [0.25, 0.3) is 0 Å². The zero-order valence-electron chi connectivity index (χ0n) is 20.4. The quantitative estimate of drug-likeness (QED) is 0.536. The van der Waals surface area contributed by atoms with Crippen LogP contribution in [0, 0.1) is 52.3 Å². The number of fused-ring (bicyclic) bond motifs is 5. The molecule has 30 heavy (non-hydrogen) atoms. The van der Waals surface area contributed by atoms with Crippen molar-refractivity contribution in [3.05, 3.63) is 11.6 Å². The average molecular weight is 415 g/mol. The predicted molar refractivity (Wildman–Crippen MR) is 124 cm³/mol. The number of aliphatic hydroxyl groups excluding tert-OH is 1. The fourth-order valence-electron chi connectivity index (χ4n) is 8.60. The van der Waals surface area contributed by atoms with Crippen LogP contribution in [0.3, 0.4) is 0 Å². The Labute approximate surface area is 185 Å². The molecule has 2 heteroatoms. The van der Waals surface area contributed by atoms with Gasteiger partial charge in [-0.05, 0) is 110 Å². The third-order valence-electron chi connectivity index (χ3n) is 11.0. The lowest BCUT2D eigenvalue weighted by atomic mass is 9.46. The zero-order valence-corrected chi connectivity index (χ0v) is 20.4. The maximum Gasteiger partial charge on any atom is 0.155 e. The summed E-state index contributed by atoms with van der Waals surface area (Å²) in [6.45, 7) is 14.3. The van der Waals surface area contributed by atoms with Crippen LogP contribution in [-0.4, -0.2) is 17.0 Å². The van der Waals surface area contributed by atoms with E-state index in [0.717, 1.165) is 43.4 Å². The predicted octanol–water partition coefficient (Wildman–Crippen LogP) is 6.81. The summed E-state index contributed by atoms with van der Waals surface area (Å²) < 4.78 is 0. The number of hydrogen-bond donors (Lipinski definition) is 1. The van der Waals surface area contributed by atoms with Gasteiger partial charge in [-0.3, -0.25) is 4.79 Å². The molecular weight excluding hydrogens is 368 g/mol. The summed E-state index contributed by atoms with van der Waals surface area (Å²) in [6, 6.07) is 0. The van der Waals surface area contributed by atoms with E-state index in [9.17, 15) is 9.90 Å². The number of carbonyl (C=O) groups excluding carboxylic acids is 1. The van der Waals surface area contributed by atoms with Gasteiger partial charge >= 0.3 is 0 Å². The average Bonchev–Trinajstić information content (AvgIpc) is 3.04. The maximum absolute atomic E-state index is 12.1. The van der Waals surface area contributed by atoms with Gasteiger partial charge in [0.05, 0.1) is 6.10 Å². The Hall–Kier alpha value is -0.630. The van der Waals surface area contributed by atoms with Crippen molar-refractivity contribution in [3.8, 4) is 0 Å². The molecule has 0 heterocycles. The molecule has 0 saturated heterocycles. The number of rotatable bonds is 5. The smallest absolute Gasteiger partial charge is 0.155 e. The number of aliphatic hydroxyl groups is 1. The Balaban J connectivity index is 1.51. The van der Waals surface area contributed by atoms with Crippen LogP contribution in [0.4, 0.5) is 0 Å². The lowest BCUT2D eigenvalue weighted by Crippen LogP contribution is -2.51. The highest BCUT2D eigenvalue weighted by molar-refractivity contribution is 5.91. The third-order valence-corrected chi connectivity index (χ3v) is 11.0. The summed E-state index contributed by atoms with van der Waals surface area (Å²) in [7, 11) is 0.